The number of fused-ring (bicyclic) bond motifs is 3. The molecule has 3 aromatic carbocycles. The van der Waals surface area contributed by atoms with Crippen LogP contribution in [0.2, 0.25) is 0 Å². The van der Waals surface area contributed by atoms with Crippen molar-refractivity contribution in [1.29, 1.82) is 0 Å². The van der Waals surface area contributed by atoms with Crippen molar-refractivity contribution in [2.45, 2.75) is 11.8 Å². The molecule has 0 unspecified atom stereocenters. The summed E-state index contributed by atoms with van der Waals surface area (Å²) in [5.74, 6) is -0.0675. The van der Waals surface area contributed by atoms with Gasteiger partial charge in [0.25, 0.3) is 5.91 Å². The third-order valence-electron chi connectivity index (χ3n) is 5.12. The first-order chi connectivity index (χ1) is 14.7. The molecule has 1 saturated heterocycles. The lowest BCUT2D eigenvalue weighted by Crippen LogP contribution is -2.27. The number of nitrogens with zero attached hydrogens (tertiary/aromatic N) is 2. The van der Waals surface area contributed by atoms with Crippen LogP contribution in [0.5, 0.6) is 0 Å². The number of carbonyl (C=O) groups is 1. The fourth-order valence-corrected chi connectivity index (χ4v) is 6.13. The van der Waals surface area contributed by atoms with Gasteiger partial charge in [-0.2, -0.15) is 0 Å². The van der Waals surface area contributed by atoms with Crippen LogP contribution in [0.15, 0.2) is 93.7 Å². The Hall–Kier alpha value is -2.54. The minimum absolute atomic E-state index is 0.0675. The highest BCUT2D eigenvalue weighted by Gasteiger charge is 2.33. The van der Waals surface area contributed by atoms with E-state index < -0.39 is 0 Å². The van der Waals surface area contributed by atoms with Crippen molar-refractivity contribution in [3.63, 3.8) is 0 Å². The van der Waals surface area contributed by atoms with Gasteiger partial charge in [-0.15, -0.1) is 0 Å². The lowest BCUT2D eigenvalue weighted by Gasteiger charge is -2.19. The molecular formula is C24H18N2OS3. The molecule has 6 heteroatoms. The number of para-hydroxylation sites is 1. The first kappa shape index (κ1) is 19.4. The number of thiocarbonyl (C=S) groups is 1. The number of amides is 1. The topological polar surface area (TPSA) is 23.6 Å². The van der Waals surface area contributed by atoms with E-state index in [0.717, 1.165) is 17.3 Å². The Morgan fingerprint density at radius 1 is 0.933 bits per heavy atom. The van der Waals surface area contributed by atoms with E-state index in [9.17, 15) is 4.79 Å². The summed E-state index contributed by atoms with van der Waals surface area (Å²) in [7, 11) is 0. The second-order valence-corrected chi connectivity index (χ2v) is 9.60. The van der Waals surface area contributed by atoms with Crippen molar-refractivity contribution in [2.75, 3.05) is 16.3 Å². The monoisotopic (exact) mass is 446 g/mol. The molecule has 2 aliphatic rings. The third-order valence-corrected chi connectivity index (χ3v) is 7.55. The number of benzene rings is 3. The molecule has 0 atom stereocenters. The fraction of sp³-hybridized carbons (Fsp3) is 0.0833. The Morgan fingerprint density at radius 2 is 1.70 bits per heavy atom. The first-order valence-electron chi connectivity index (χ1n) is 9.68. The van der Waals surface area contributed by atoms with Gasteiger partial charge < -0.3 is 4.90 Å². The number of hydrogen-bond acceptors (Lipinski definition) is 5. The number of anilines is 2. The van der Waals surface area contributed by atoms with Crippen molar-refractivity contribution in [1.82, 2.24) is 0 Å². The van der Waals surface area contributed by atoms with E-state index in [4.69, 9.17) is 12.2 Å². The fourth-order valence-electron chi connectivity index (χ4n) is 3.74. The van der Waals surface area contributed by atoms with Gasteiger partial charge in [-0.05, 0) is 42.7 Å². The maximum atomic E-state index is 13.0. The molecule has 2 aliphatic heterocycles. The third kappa shape index (κ3) is 3.25. The second kappa shape index (κ2) is 7.95. The van der Waals surface area contributed by atoms with Gasteiger partial charge in [0.1, 0.15) is 0 Å². The molecule has 5 rings (SSSR count). The number of hydrogen-bond donors (Lipinski definition) is 0. The zero-order valence-electron chi connectivity index (χ0n) is 16.2. The van der Waals surface area contributed by atoms with Gasteiger partial charge in [-0.1, -0.05) is 84.3 Å². The van der Waals surface area contributed by atoms with Crippen LogP contribution >= 0.6 is 35.7 Å². The van der Waals surface area contributed by atoms with Crippen LogP contribution in [0.25, 0.3) is 10.8 Å². The molecule has 0 bridgehead atoms. The highest BCUT2D eigenvalue weighted by molar-refractivity contribution is 8.27. The van der Waals surface area contributed by atoms with Crippen molar-refractivity contribution >= 4 is 68.1 Å². The quantitative estimate of drug-likeness (QED) is 0.335. The largest absolute Gasteiger partial charge is 0.335 e. The Balaban J connectivity index is 1.48. The lowest BCUT2D eigenvalue weighted by molar-refractivity contribution is -0.113. The molecule has 1 amide bonds. The number of thioether (sulfide) groups is 2. The minimum atomic E-state index is -0.0675. The van der Waals surface area contributed by atoms with Gasteiger partial charge in [0, 0.05) is 16.8 Å². The molecule has 0 aliphatic carbocycles. The Labute approximate surface area is 189 Å². The van der Waals surface area contributed by atoms with E-state index in [2.05, 4.69) is 48.2 Å². The molecule has 0 aromatic heterocycles. The minimum Gasteiger partial charge on any atom is -0.335 e. The van der Waals surface area contributed by atoms with E-state index in [1.54, 1.807) is 16.7 Å². The standard InChI is InChI=1S/C24H18N2OS3/c1-2-25-21(29-19-13-12-16-8-6-7-11-18(16)22(19)25)15-14-20-23(27)26(24(28)30-20)17-9-4-3-5-10-17/h3-15H,2H2,1H3/b20-14-,21-15-. The summed E-state index contributed by atoms with van der Waals surface area (Å²) in [4.78, 5) is 18.8. The van der Waals surface area contributed by atoms with Crippen LogP contribution in [-0.4, -0.2) is 16.8 Å². The first-order valence-corrected chi connectivity index (χ1v) is 11.7. The summed E-state index contributed by atoms with van der Waals surface area (Å²) in [6.07, 6.45) is 3.95. The summed E-state index contributed by atoms with van der Waals surface area (Å²) in [5, 5.41) is 3.61. The van der Waals surface area contributed by atoms with E-state index in [-0.39, 0.29) is 5.91 Å². The van der Waals surface area contributed by atoms with Crippen molar-refractivity contribution in [2.24, 2.45) is 0 Å². The lowest BCUT2D eigenvalue weighted by atomic mass is 10.1. The van der Waals surface area contributed by atoms with Crippen LogP contribution in [0.4, 0.5) is 11.4 Å². The average Bonchev–Trinajstić information content (AvgIpc) is 3.28. The van der Waals surface area contributed by atoms with E-state index in [0.29, 0.717) is 9.23 Å². The molecule has 0 saturated carbocycles. The van der Waals surface area contributed by atoms with Crippen LogP contribution in [0, 0.1) is 0 Å². The van der Waals surface area contributed by atoms with Gasteiger partial charge in [0.05, 0.1) is 21.3 Å². The molecule has 3 nitrogen and oxygen atoms in total. The van der Waals surface area contributed by atoms with Crippen molar-refractivity contribution in [3.8, 4) is 0 Å². The predicted molar refractivity (Wildman–Crippen MR) is 133 cm³/mol. The maximum Gasteiger partial charge on any atom is 0.270 e. The predicted octanol–water partition coefficient (Wildman–Crippen LogP) is 6.56. The van der Waals surface area contributed by atoms with Gasteiger partial charge in [-0.3, -0.25) is 9.69 Å². The van der Waals surface area contributed by atoms with Gasteiger partial charge in [0.2, 0.25) is 0 Å². The Kier molecular flexibility index (Phi) is 5.15. The number of carbonyl (C=O) groups excluding carboxylic acids is 1. The van der Waals surface area contributed by atoms with Crippen molar-refractivity contribution < 1.29 is 4.79 Å². The maximum absolute atomic E-state index is 13.0. The summed E-state index contributed by atoms with van der Waals surface area (Å²) < 4.78 is 0.566. The molecule has 0 spiro atoms. The van der Waals surface area contributed by atoms with Gasteiger partial charge >= 0.3 is 0 Å². The average molecular weight is 447 g/mol. The van der Waals surface area contributed by atoms with E-state index in [1.165, 1.54) is 33.1 Å². The van der Waals surface area contributed by atoms with E-state index >= 15 is 0 Å². The summed E-state index contributed by atoms with van der Waals surface area (Å²) in [6, 6.07) is 22.4. The van der Waals surface area contributed by atoms with Crippen LogP contribution in [0.1, 0.15) is 6.92 Å². The normalized spacial score (nSPS) is 18.8. The zero-order valence-corrected chi connectivity index (χ0v) is 18.7. The molecule has 1 fully saturated rings. The van der Waals surface area contributed by atoms with Gasteiger partial charge in [-0.25, -0.2) is 0 Å². The van der Waals surface area contributed by atoms with Crippen LogP contribution in [-0.2, 0) is 4.79 Å². The van der Waals surface area contributed by atoms with Crippen molar-refractivity contribution in [3.05, 3.63) is 88.8 Å². The molecule has 0 N–H and O–H groups in total. The molecule has 3 aromatic rings. The molecule has 0 radical (unpaired) electrons. The van der Waals surface area contributed by atoms with Crippen LogP contribution in [0.3, 0.4) is 0 Å². The molecular weight excluding hydrogens is 428 g/mol. The summed E-state index contributed by atoms with van der Waals surface area (Å²) >= 11 is 8.57. The highest BCUT2D eigenvalue weighted by atomic mass is 32.2. The zero-order chi connectivity index (χ0) is 20.7. The molecule has 2 heterocycles. The Bertz CT molecular complexity index is 1230. The van der Waals surface area contributed by atoms with E-state index in [1.807, 2.05) is 42.5 Å². The molecule has 30 heavy (non-hydrogen) atoms. The smallest absolute Gasteiger partial charge is 0.270 e. The van der Waals surface area contributed by atoms with Crippen LogP contribution < -0.4 is 9.80 Å². The Morgan fingerprint density at radius 3 is 2.50 bits per heavy atom. The van der Waals surface area contributed by atoms with Gasteiger partial charge in [0.15, 0.2) is 4.32 Å². The summed E-state index contributed by atoms with van der Waals surface area (Å²) in [5.41, 5.74) is 2.05. The highest BCUT2D eigenvalue weighted by Crippen LogP contribution is 2.49. The summed E-state index contributed by atoms with van der Waals surface area (Å²) in [6.45, 7) is 3.01. The second-order valence-electron chi connectivity index (χ2n) is 6.86. The number of rotatable bonds is 3. The number of allylic oxidation sites excluding steroid dienone is 2. The SMILES string of the molecule is CCN1/C(=C/C=C2\SC(=S)N(c3ccccc3)C2=O)Sc2ccc3ccccc3c21. The molecule has 148 valence electrons.